The van der Waals surface area contributed by atoms with Gasteiger partial charge in [-0.3, -0.25) is 9.59 Å². The van der Waals surface area contributed by atoms with E-state index in [4.69, 9.17) is 28.4 Å². The number of aliphatic hydroxyl groups excluding tert-OH is 15. The molecule has 0 aromatic carbocycles. The smallest absolute Gasteiger partial charge is 0.364 e. The van der Waals surface area contributed by atoms with Gasteiger partial charge in [0.25, 0.3) is 11.6 Å². The van der Waals surface area contributed by atoms with Crippen molar-refractivity contribution in [2.75, 3.05) is 33.0 Å². The molecule has 3 fully saturated rings. The van der Waals surface area contributed by atoms with Crippen LogP contribution in [0.1, 0.15) is 26.7 Å². The van der Waals surface area contributed by atoms with Crippen LogP contribution in [0.15, 0.2) is 0 Å². The number of carboxylic acid groups (broad SMARTS) is 2. The van der Waals surface area contributed by atoms with E-state index in [1.807, 2.05) is 0 Å². The zero-order valence-corrected chi connectivity index (χ0v) is 33.6. The van der Waals surface area contributed by atoms with Gasteiger partial charge in [-0.1, -0.05) is 0 Å². The van der Waals surface area contributed by atoms with E-state index in [0.717, 1.165) is 13.8 Å². The average Bonchev–Trinajstić information content (AvgIpc) is 3.23. The van der Waals surface area contributed by atoms with Gasteiger partial charge in [-0.05, 0) is 0 Å². The van der Waals surface area contributed by atoms with Crippen molar-refractivity contribution in [3.05, 3.63) is 0 Å². The van der Waals surface area contributed by atoms with Crippen molar-refractivity contribution in [1.82, 2.24) is 10.6 Å². The van der Waals surface area contributed by atoms with E-state index in [-0.39, 0.29) is 0 Å². The van der Waals surface area contributed by atoms with Crippen LogP contribution < -0.4 is 10.6 Å². The van der Waals surface area contributed by atoms with Gasteiger partial charge in [-0.25, -0.2) is 9.59 Å². The second-order valence-corrected chi connectivity index (χ2v) is 15.2. The van der Waals surface area contributed by atoms with Crippen LogP contribution in [0.25, 0.3) is 0 Å². The molecule has 0 aromatic heterocycles. The number of nitrogens with one attached hydrogen (secondary N) is 2. The fraction of sp³-hybridized carbons (Fsp3) is 0.882. The van der Waals surface area contributed by atoms with Gasteiger partial charge >= 0.3 is 11.9 Å². The molecule has 21 atom stereocenters. The minimum Gasteiger partial charge on any atom is -0.477 e. The number of carbonyl (C=O) groups excluding carboxylic acids is 2. The van der Waals surface area contributed by atoms with Crippen LogP contribution in [0.4, 0.5) is 0 Å². The molecule has 0 aromatic rings. The van der Waals surface area contributed by atoms with Gasteiger partial charge in [0.05, 0.1) is 57.3 Å². The van der Waals surface area contributed by atoms with E-state index in [9.17, 15) is 106 Å². The van der Waals surface area contributed by atoms with Crippen LogP contribution in [-0.2, 0) is 47.6 Å². The van der Waals surface area contributed by atoms with Crippen molar-refractivity contribution in [2.45, 2.75) is 154 Å². The summed E-state index contributed by atoms with van der Waals surface area (Å²) in [7, 11) is 0. The number of hydrogen-bond acceptors (Lipinski definition) is 25. The highest BCUT2D eigenvalue weighted by Gasteiger charge is 2.61. The molecule has 3 rings (SSSR count). The Kier molecular flexibility index (Phi) is 19.8. The number of aliphatic carboxylic acids is 2. The predicted octanol–water partition coefficient (Wildman–Crippen LogP) is -11.4. The Hall–Kier alpha value is -2.96. The molecule has 0 unspecified atom stereocenters. The highest BCUT2D eigenvalue weighted by Crippen LogP contribution is 2.40. The van der Waals surface area contributed by atoms with E-state index in [1.165, 1.54) is 0 Å². The van der Waals surface area contributed by atoms with Gasteiger partial charge in [0.15, 0.2) is 6.29 Å². The minimum atomic E-state index is -3.32. The van der Waals surface area contributed by atoms with Crippen LogP contribution >= 0.6 is 0 Å². The van der Waals surface area contributed by atoms with Gasteiger partial charge in [-0.15, -0.1) is 0 Å². The van der Waals surface area contributed by atoms with Crippen molar-refractivity contribution >= 4 is 23.8 Å². The molecule has 3 heterocycles. The van der Waals surface area contributed by atoms with Crippen molar-refractivity contribution in [3.63, 3.8) is 0 Å². The second kappa shape index (κ2) is 23.0. The summed E-state index contributed by atoms with van der Waals surface area (Å²) in [4.78, 5) is 49.7. The van der Waals surface area contributed by atoms with E-state index in [0.29, 0.717) is 0 Å². The molecule has 0 aliphatic carbocycles. The van der Waals surface area contributed by atoms with Gasteiger partial charge < -0.3 is 126 Å². The fourth-order valence-electron chi connectivity index (χ4n) is 7.36. The average molecular weight is 927 g/mol. The highest BCUT2D eigenvalue weighted by molar-refractivity contribution is 5.77. The van der Waals surface area contributed by atoms with E-state index < -0.39 is 197 Å². The zero-order valence-electron chi connectivity index (χ0n) is 33.6. The SMILES string of the molecule is CC(=O)N[C@H]1[C@H]([C@H](O)[C@H](O)CO)O[C@@](O[C@@H]([C@H](O[C@@H]2O[C@H](CO)[C@H](O)[C@H](O[C@]3(C(=O)O)C[C@H](O)[C@@H](NC(C)=O)[C@H]([C@H](O)[C@H](O)CO)O3)[C@H]2O)[C@H](O)CO)[C@@H](O)CO)(C(=O)O)C[C@@H]1O. The number of carboxylic acids is 2. The predicted molar refractivity (Wildman–Crippen MR) is 194 cm³/mol. The van der Waals surface area contributed by atoms with Crippen molar-refractivity contribution in [1.29, 1.82) is 0 Å². The Labute approximate surface area is 356 Å². The quantitative estimate of drug-likeness (QED) is 0.0479. The third kappa shape index (κ3) is 12.3. The molecule has 366 valence electrons. The lowest BCUT2D eigenvalue weighted by Gasteiger charge is -2.50. The summed E-state index contributed by atoms with van der Waals surface area (Å²) in [6.45, 7) is -4.35. The van der Waals surface area contributed by atoms with Crippen molar-refractivity contribution in [2.24, 2.45) is 0 Å². The second-order valence-electron chi connectivity index (χ2n) is 15.2. The molecule has 29 heteroatoms. The van der Waals surface area contributed by atoms with Gasteiger partial charge in [0.1, 0.15) is 85.5 Å². The number of carbonyl (C=O) groups is 4. The van der Waals surface area contributed by atoms with Gasteiger partial charge in [0.2, 0.25) is 11.8 Å². The third-order valence-electron chi connectivity index (χ3n) is 10.6. The van der Waals surface area contributed by atoms with Gasteiger partial charge in [0, 0.05) is 26.7 Å². The Morgan fingerprint density at radius 3 is 1.44 bits per heavy atom. The summed E-state index contributed by atoms with van der Waals surface area (Å²) in [5, 5.41) is 183. The summed E-state index contributed by atoms with van der Waals surface area (Å²) in [5.41, 5.74) is 0. The van der Waals surface area contributed by atoms with Crippen LogP contribution in [0.2, 0.25) is 0 Å². The molecule has 2 amide bonds. The molecule has 0 radical (unpaired) electrons. The lowest BCUT2D eigenvalue weighted by atomic mass is 9.88. The Morgan fingerprint density at radius 1 is 0.635 bits per heavy atom. The summed E-state index contributed by atoms with van der Waals surface area (Å²) in [6.07, 6.45) is -40.8. The molecule has 63 heavy (non-hydrogen) atoms. The summed E-state index contributed by atoms with van der Waals surface area (Å²) in [6, 6.07) is -3.40. The minimum absolute atomic E-state index is 0.844. The molecule has 0 bridgehead atoms. The first kappa shape index (κ1) is 54.4. The first-order valence-electron chi connectivity index (χ1n) is 19.3. The maximum Gasteiger partial charge on any atom is 0.364 e. The molecule has 3 aliphatic rings. The van der Waals surface area contributed by atoms with Crippen molar-refractivity contribution in [3.8, 4) is 0 Å². The molecular weight excluding hydrogens is 868 g/mol. The molecular formula is C34H58N2O27. The molecule has 29 nitrogen and oxygen atoms in total. The molecule has 0 spiro atoms. The van der Waals surface area contributed by atoms with E-state index in [2.05, 4.69) is 10.6 Å². The number of rotatable bonds is 22. The normalized spacial score (nSPS) is 37.6. The van der Waals surface area contributed by atoms with E-state index >= 15 is 0 Å². The van der Waals surface area contributed by atoms with Gasteiger partial charge in [-0.2, -0.15) is 0 Å². The number of aliphatic hydroxyl groups is 15. The van der Waals surface area contributed by atoms with Crippen LogP contribution in [-0.4, -0.2) is 271 Å². The first-order valence-corrected chi connectivity index (χ1v) is 19.3. The Balaban J connectivity index is 2.10. The summed E-state index contributed by atoms with van der Waals surface area (Å²) in [5.74, 6) is -12.6. The van der Waals surface area contributed by atoms with Crippen LogP contribution in [0.5, 0.6) is 0 Å². The molecule has 19 N–H and O–H groups in total. The Morgan fingerprint density at radius 2 is 1.05 bits per heavy atom. The largest absolute Gasteiger partial charge is 0.477 e. The van der Waals surface area contributed by atoms with Crippen molar-refractivity contribution < 1.29 is 134 Å². The topological polar surface area (TPSA) is 492 Å². The van der Waals surface area contributed by atoms with E-state index in [1.54, 1.807) is 0 Å². The fourth-order valence-corrected chi connectivity index (χ4v) is 7.36. The Bertz CT molecular complexity index is 1520. The molecule has 3 aliphatic heterocycles. The molecule has 3 saturated heterocycles. The molecule has 0 saturated carbocycles. The van der Waals surface area contributed by atoms with Crippen LogP contribution in [0, 0.1) is 0 Å². The summed E-state index contributed by atoms with van der Waals surface area (Å²) < 4.78 is 33.4. The standard InChI is InChI=1S/C34H58N2O27/c1-10(42)35-19-12(44)3-33(31(54)55,61-27(19)21(50)14(46)5-37)60-26(17(49)8-40)25(16(48)7-39)59-30-24(53)29(23(52)18(9-41)58-30)63-34(32(56)57)4-13(45)20(36-11(2)43)28(62-34)22(51)15(47)6-38/h12-30,37-41,44-53H,3-9H2,1-2H3,(H,35,42)(H,36,43)(H,54,55)(H,56,57)/t12-,13-,14+,15+,16+,17-,18+,19+,20+,21+,22+,23-,24+,25+,26+,27+,28+,29-,30-,33+,34-/m0/s1. The zero-order chi connectivity index (χ0) is 47.9. The summed E-state index contributed by atoms with van der Waals surface area (Å²) >= 11 is 0. The lowest BCUT2D eigenvalue weighted by molar-refractivity contribution is -0.384. The lowest BCUT2D eigenvalue weighted by Crippen LogP contribution is -2.71. The maximum atomic E-state index is 12.9. The maximum absolute atomic E-state index is 12.9. The number of amides is 2. The third-order valence-corrected chi connectivity index (χ3v) is 10.6. The monoisotopic (exact) mass is 926 g/mol. The number of ether oxygens (including phenoxy) is 6. The number of hydrogen-bond donors (Lipinski definition) is 19. The van der Waals surface area contributed by atoms with Crippen LogP contribution in [0.3, 0.4) is 0 Å². The highest BCUT2D eigenvalue weighted by atomic mass is 16.8. The first-order chi connectivity index (χ1) is 29.4.